The van der Waals surface area contributed by atoms with Gasteiger partial charge in [0, 0.05) is 12.0 Å². The van der Waals surface area contributed by atoms with Gasteiger partial charge in [-0.05, 0) is 18.2 Å². The number of amides is 1. The summed E-state index contributed by atoms with van der Waals surface area (Å²) in [5, 5.41) is 0. The van der Waals surface area contributed by atoms with Gasteiger partial charge in [0.25, 0.3) is 5.91 Å². The van der Waals surface area contributed by atoms with Gasteiger partial charge in [-0.25, -0.2) is 0 Å². The minimum Gasteiger partial charge on any atom is -0.426 e. The Hall–Kier alpha value is -1.88. The number of carbonyl (C=O) groups excluding carboxylic acids is 3. The van der Waals surface area contributed by atoms with E-state index in [2.05, 4.69) is 0 Å². The summed E-state index contributed by atoms with van der Waals surface area (Å²) in [4.78, 5) is 33.8. The predicted octanol–water partition coefficient (Wildman–Crippen LogP) is 1.52. The zero-order chi connectivity index (χ0) is 13.7. The van der Waals surface area contributed by atoms with Crippen molar-refractivity contribution in [2.45, 2.75) is 13.3 Å². The van der Waals surface area contributed by atoms with Crippen LogP contribution in [-0.4, -0.2) is 23.5 Å². The van der Waals surface area contributed by atoms with Gasteiger partial charge in [-0.1, -0.05) is 6.92 Å². The van der Waals surface area contributed by atoms with Crippen LogP contribution in [0.5, 0.6) is 5.75 Å². The Balaban J connectivity index is 3.16. The van der Waals surface area contributed by atoms with Gasteiger partial charge in [-0.2, -0.15) is 0 Å². The molecule has 5 nitrogen and oxygen atoms in total. The van der Waals surface area contributed by atoms with Gasteiger partial charge in [0.05, 0.1) is 11.4 Å². The average Bonchev–Trinajstić information content (AvgIpc) is 2.37. The van der Waals surface area contributed by atoms with Gasteiger partial charge < -0.3 is 10.5 Å². The summed E-state index contributed by atoms with van der Waals surface area (Å²) < 4.78 is 4.94. The Morgan fingerprint density at radius 2 is 2.00 bits per heavy atom. The topological polar surface area (TPSA) is 86.5 Å². The molecule has 0 heterocycles. The van der Waals surface area contributed by atoms with E-state index in [4.69, 9.17) is 22.1 Å². The summed E-state index contributed by atoms with van der Waals surface area (Å²) in [6, 6.07) is 4.05. The van der Waals surface area contributed by atoms with Crippen molar-refractivity contribution in [3.05, 3.63) is 29.3 Å². The minimum absolute atomic E-state index is 0.0206. The number of carbonyl (C=O) groups is 3. The molecular weight excluding hydrogens is 258 g/mol. The van der Waals surface area contributed by atoms with Crippen LogP contribution in [0.4, 0.5) is 0 Å². The van der Waals surface area contributed by atoms with Crippen molar-refractivity contribution in [2.24, 2.45) is 5.73 Å². The van der Waals surface area contributed by atoms with Crippen molar-refractivity contribution >= 4 is 29.3 Å². The second kappa shape index (κ2) is 6.16. The van der Waals surface area contributed by atoms with Crippen LogP contribution in [0, 0.1) is 0 Å². The molecule has 0 bridgehead atoms. The van der Waals surface area contributed by atoms with Crippen molar-refractivity contribution in [1.82, 2.24) is 0 Å². The van der Waals surface area contributed by atoms with E-state index in [0.717, 1.165) is 0 Å². The molecule has 1 aromatic carbocycles. The Labute approximate surface area is 109 Å². The van der Waals surface area contributed by atoms with Gasteiger partial charge >= 0.3 is 5.97 Å². The van der Waals surface area contributed by atoms with Gasteiger partial charge in [0.15, 0.2) is 5.78 Å². The van der Waals surface area contributed by atoms with Crippen LogP contribution in [0.15, 0.2) is 18.2 Å². The smallest absolute Gasteiger partial charge is 0.310 e. The number of esters is 1. The SMILES string of the molecule is CCC(=O)Oc1ccc(C(=O)CCl)cc1C(N)=O. The summed E-state index contributed by atoms with van der Waals surface area (Å²) in [6.45, 7) is 1.62. The van der Waals surface area contributed by atoms with Crippen molar-refractivity contribution < 1.29 is 19.1 Å². The molecule has 0 aromatic heterocycles. The maximum Gasteiger partial charge on any atom is 0.310 e. The van der Waals surface area contributed by atoms with Crippen LogP contribution in [-0.2, 0) is 4.79 Å². The lowest BCUT2D eigenvalue weighted by atomic mass is 10.1. The Kier molecular flexibility index (Phi) is 4.85. The van der Waals surface area contributed by atoms with Crippen molar-refractivity contribution in [2.75, 3.05) is 5.88 Å². The first kappa shape index (κ1) is 14.2. The van der Waals surface area contributed by atoms with Crippen LogP contribution in [0.1, 0.15) is 34.1 Å². The number of alkyl halides is 1. The van der Waals surface area contributed by atoms with E-state index < -0.39 is 11.9 Å². The highest BCUT2D eigenvalue weighted by molar-refractivity contribution is 6.30. The zero-order valence-electron chi connectivity index (χ0n) is 9.73. The number of primary amides is 1. The molecule has 0 fully saturated rings. The van der Waals surface area contributed by atoms with Gasteiger partial charge in [0.1, 0.15) is 5.75 Å². The van der Waals surface area contributed by atoms with E-state index in [-0.39, 0.29) is 35.0 Å². The Morgan fingerprint density at radius 3 is 2.50 bits per heavy atom. The number of halogens is 1. The highest BCUT2D eigenvalue weighted by Crippen LogP contribution is 2.21. The predicted molar refractivity (Wildman–Crippen MR) is 65.9 cm³/mol. The van der Waals surface area contributed by atoms with Crippen LogP contribution >= 0.6 is 11.6 Å². The molecule has 1 rings (SSSR count). The molecule has 0 saturated heterocycles. The largest absolute Gasteiger partial charge is 0.426 e. The average molecular weight is 270 g/mol. The molecular formula is C12H12ClNO4. The molecule has 0 unspecified atom stereocenters. The number of hydrogen-bond donors (Lipinski definition) is 1. The third kappa shape index (κ3) is 3.30. The van der Waals surface area contributed by atoms with E-state index >= 15 is 0 Å². The molecule has 1 aromatic rings. The number of rotatable bonds is 5. The molecule has 0 spiro atoms. The number of ether oxygens (including phenoxy) is 1. The lowest BCUT2D eigenvalue weighted by Crippen LogP contribution is -2.16. The van der Waals surface area contributed by atoms with Crippen LogP contribution < -0.4 is 10.5 Å². The molecule has 0 aliphatic carbocycles. The van der Waals surface area contributed by atoms with Crippen LogP contribution in [0.2, 0.25) is 0 Å². The second-order valence-electron chi connectivity index (χ2n) is 3.46. The number of ketones is 1. The second-order valence-corrected chi connectivity index (χ2v) is 3.73. The maximum atomic E-state index is 11.4. The fourth-order valence-electron chi connectivity index (χ4n) is 1.26. The Morgan fingerprint density at radius 1 is 1.33 bits per heavy atom. The molecule has 0 aliphatic heterocycles. The van der Waals surface area contributed by atoms with E-state index in [1.165, 1.54) is 18.2 Å². The maximum absolute atomic E-state index is 11.4. The summed E-state index contributed by atoms with van der Waals surface area (Å²) in [5.74, 6) is -1.77. The summed E-state index contributed by atoms with van der Waals surface area (Å²) >= 11 is 5.41. The monoisotopic (exact) mass is 269 g/mol. The molecule has 2 N–H and O–H groups in total. The fraction of sp³-hybridized carbons (Fsp3) is 0.250. The van der Waals surface area contributed by atoms with Crippen molar-refractivity contribution in [3.8, 4) is 5.75 Å². The standard InChI is InChI=1S/C12H12ClNO4/c1-2-11(16)18-10-4-3-7(9(15)6-13)5-8(10)12(14)17/h3-5H,2,6H2,1H3,(H2,14,17). The summed E-state index contributed by atoms with van der Waals surface area (Å²) in [6.07, 6.45) is 0.167. The van der Waals surface area contributed by atoms with Gasteiger partial charge in [-0.3, -0.25) is 14.4 Å². The first-order valence-corrected chi connectivity index (χ1v) is 5.76. The number of Topliss-reactive ketones (excluding diaryl/α,β-unsaturated/α-hetero) is 1. The van der Waals surface area contributed by atoms with Crippen LogP contribution in [0.3, 0.4) is 0 Å². The molecule has 0 atom stereocenters. The number of benzene rings is 1. The molecule has 18 heavy (non-hydrogen) atoms. The van der Waals surface area contributed by atoms with E-state index in [9.17, 15) is 14.4 Å². The lowest BCUT2D eigenvalue weighted by molar-refractivity contribution is -0.134. The molecule has 0 aliphatic rings. The van der Waals surface area contributed by atoms with Gasteiger partial charge in [0.2, 0.25) is 0 Å². The molecule has 6 heteroatoms. The third-order valence-electron chi connectivity index (χ3n) is 2.20. The fourth-order valence-corrected chi connectivity index (χ4v) is 1.41. The van der Waals surface area contributed by atoms with Gasteiger partial charge in [-0.15, -0.1) is 11.6 Å². The minimum atomic E-state index is -0.780. The quantitative estimate of drug-likeness (QED) is 0.380. The van der Waals surface area contributed by atoms with E-state index in [1.54, 1.807) is 6.92 Å². The lowest BCUT2D eigenvalue weighted by Gasteiger charge is -2.08. The highest BCUT2D eigenvalue weighted by Gasteiger charge is 2.15. The van der Waals surface area contributed by atoms with E-state index in [1.807, 2.05) is 0 Å². The molecule has 0 saturated carbocycles. The zero-order valence-corrected chi connectivity index (χ0v) is 10.5. The van der Waals surface area contributed by atoms with Crippen molar-refractivity contribution in [1.29, 1.82) is 0 Å². The number of hydrogen-bond acceptors (Lipinski definition) is 4. The first-order chi connectivity index (χ1) is 8.49. The Bertz CT molecular complexity index is 499. The highest BCUT2D eigenvalue weighted by atomic mass is 35.5. The van der Waals surface area contributed by atoms with E-state index in [0.29, 0.717) is 0 Å². The van der Waals surface area contributed by atoms with Crippen molar-refractivity contribution in [3.63, 3.8) is 0 Å². The third-order valence-corrected chi connectivity index (χ3v) is 2.44. The summed E-state index contributed by atoms with van der Waals surface area (Å²) in [5.41, 5.74) is 5.39. The molecule has 1 amide bonds. The number of nitrogens with two attached hydrogens (primary N) is 1. The van der Waals surface area contributed by atoms with Crippen LogP contribution in [0.25, 0.3) is 0 Å². The first-order valence-electron chi connectivity index (χ1n) is 5.23. The normalized spacial score (nSPS) is 9.89. The molecule has 96 valence electrons. The molecule has 0 radical (unpaired) electrons. The summed E-state index contributed by atoms with van der Waals surface area (Å²) in [7, 11) is 0.